The molecule has 0 bridgehead atoms. The Morgan fingerprint density at radius 2 is 2.43 bits per heavy atom. The standard InChI is InChI=1S/C16H21N3OS/c20-16(7-1-5-15-6-3-11-21-15)18-9-2-4-14(12-18)19-10-8-17-13-19/h3,6,8,10-11,13-14H,1-2,4-5,7,9,12H2. The molecule has 1 unspecified atom stereocenters. The number of imidazole rings is 1. The monoisotopic (exact) mass is 303 g/mol. The van der Waals surface area contributed by atoms with Crippen molar-refractivity contribution >= 4 is 17.2 Å². The van der Waals surface area contributed by atoms with Gasteiger partial charge in [-0.15, -0.1) is 11.3 Å². The lowest BCUT2D eigenvalue weighted by Crippen LogP contribution is -2.40. The zero-order chi connectivity index (χ0) is 14.5. The number of hydrogen-bond donors (Lipinski definition) is 0. The summed E-state index contributed by atoms with van der Waals surface area (Å²) in [5, 5.41) is 2.09. The predicted octanol–water partition coefficient (Wildman–Crippen LogP) is 3.13. The summed E-state index contributed by atoms with van der Waals surface area (Å²) in [6, 6.07) is 4.61. The number of nitrogens with zero attached hydrogens (tertiary/aromatic N) is 3. The molecule has 0 aliphatic carbocycles. The molecule has 2 aromatic heterocycles. The van der Waals surface area contributed by atoms with E-state index in [9.17, 15) is 4.79 Å². The van der Waals surface area contributed by atoms with Gasteiger partial charge >= 0.3 is 0 Å². The van der Waals surface area contributed by atoms with Gasteiger partial charge in [0.15, 0.2) is 0 Å². The number of hydrogen-bond acceptors (Lipinski definition) is 3. The molecule has 1 saturated heterocycles. The van der Waals surface area contributed by atoms with Gasteiger partial charge in [0, 0.05) is 36.8 Å². The van der Waals surface area contributed by atoms with Crippen LogP contribution in [0.4, 0.5) is 0 Å². The van der Waals surface area contributed by atoms with Crippen LogP contribution in [0.2, 0.25) is 0 Å². The van der Waals surface area contributed by atoms with Crippen LogP contribution in [0, 0.1) is 0 Å². The van der Waals surface area contributed by atoms with E-state index in [1.165, 1.54) is 4.88 Å². The minimum atomic E-state index is 0.302. The Morgan fingerprint density at radius 3 is 3.19 bits per heavy atom. The Hall–Kier alpha value is -1.62. The fourth-order valence-electron chi connectivity index (χ4n) is 2.94. The fraction of sp³-hybridized carbons (Fsp3) is 0.500. The SMILES string of the molecule is O=C(CCCc1cccs1)N1CCCC(n2ccnc2)C1. The van der Waals surface area contributed by atoms with Crippen LogP contribution in [0.25, 0.3) is 0 Å². The molecule has 4 nitrogen and oxygen atoms in total. The summed E-state index contributed by atoms with van der Waals surface area (Å²) in [6.07, 6.45) is 10.5. The largest absolute Gasteiger partial charge is 0.341 e. The van der Waals surface area contributed by atoms with E-state index in [-0.39, 0.29) is 0 Å². The highest BCUT2D eigenvalue weighted by Gasteiger charge is 2.23. The van der Waals surface area contributed by atoms with E-state index in [4.69, 9.17) is 0 Å². The smallest absolute Gasteiger partial charge is 0.222 e. The molecular weight excluding hydrogens is 282 g/mol. The van der Waals surface area contributed by atoms with Crippen LogP contribution in [0.3, 0.4) is 0 Å². The number of aromatic nitrogens is 2. The number of piperidine rings is 1. The molecule has 0 aromatic carbocycles. The maximum Gasteiger partial charge on any atom is 0.222 e. The molecule has 1 atom stereocenters. The van der Waals surface area contributed by atoms with Crippen LogP contribution in [0.5, 0.6) is 0 Å². The molecule has 2 aromatic rings. The van der Waals surface area contributed by atoms with Gasteiger partial charge in [-0.25, -0.2) is 4.98 Å². The molecule has 1 fully saturated rings. The molecule has 3 rings (SSSR count). The van der Waals surface area contributed by atoms with Crippen LogP contribution in [-0.4, -0.2) is 33.4 Å². The van der Waals surface area contributed by atoms with E-state index >= 15 is 0 Å². The van der Waals surface area contributed by atoms with E-state index in [0.717, 1.165) is 38.8 Å². The highest BCUT2D eigenvalue weighted by Crippen LogP contribution is 2.22. The van der Waals surface area contributed by atoms with Crippen LogP contribution in [0.15, 0.2) is 36.2 Å². The first-order valence-electron chi connectivity index (χ1n) is 7.60. The molecule has 0 N–H and O–H groups in total. The average molecular weight is 303 g/mol. The lowest BCUT2D eigenvalue weighted by atomic mass is 10.0. The highest BCUT2D eigenvalue weighted by molar-refractivity contribution is 7.09. The van der Waals surface area contributed by atoms with Crippen LogP contribution in [0.1, 0.15) is 36.6 Å². The zero-order valence-corrected chi connectivity index (χ0v) is 13.0. The molecule has 5 heteroatoms. The van der Waals surface area contributed by atoms with Gasteiger partial charge in [-0.1, -0.05) is 6.07 Å². The molecular formula is C16H21N3OS. The van der Waals surface area contributed by atoms with Crippen molar-refractivity contribution in [3.05, 3.63) is 41.1 Å². The first-order valence-corrected chi connectivity index (χ1v) is 8.48. The molecule has 3 heterocycles. The van der Waals surface area contributed by atoms with Crippen molar-refractivity contribution < 1.29 is 4.79 Å². The second kappa shape index (κ2) is 6.89. The third-order valence-electron chi connectivity index (χ3n) is 4.09. The molecule has 1 amide bonds. The first kappa shape index (κ1) is 14.3. The Balaban J connectivity index is 1.48. The quantitative estimate of drug-likeness (QED) is 0.851. The van der Waals surface area contributed by atoms with Crippen molar-refractivity contribution in [2.75, 3.05) is 13.1 Å². The molecule has 1 aliphatic rings. The Morgan fingerprint density at radius 1 is 1.48 bits per heavy atom. The van der Waals surface area contributed by atoms with Crippen LogP contribution < -0.4 is 0 Å². The lowest BCUT2D eigenvalue weighted by molar-refractivity contribution is -0.132. The highest BCUT2D eigenvalue weighted by atomic mass is 32.1. The average Bonchev–Trinajstić information content (AvgIpc) is 3.21. The van der Waals surface area contributed by atoms with Crippen molar-refractivity contribution in [1.29, 1.82) is 0 Å². The van der Waals surface area contributed by atoms with Gasteiger partial charge in [-0.2, -0.15) is 0 Å². The predicted molar refractivity (Wildman–Crippen MR) is 84.3 cm³/mol. The van der Waals surface area contributed by atoms with Gasteiger partial charge in [0.05, 0.1) is 12.4 Å². The van der Waals surface area contributed by atoms with E-state index in [1.54, 1.807) is 11.3 Å². The van der Waals surface area contributed by atoms with Gasteiger partial charge in [0.2, 0.25) is 5.91 Å². The summed E-state index contributed by atoms with van der Waals surface area (Å²) in [6.45, 7) is 1.73. The molecule has 112 valence electrons. The number of rotatable bonds is 5. The van der Waals surface area contributed by atoms with Gasteiger partial charge in [-0.3, -0.25) is 4.79 Å². The van der Waals surface area contributed by atoms with Crippen LogP contribution >= 0.6 is 11.3 Å². The number of likely N-dealkylation sites (tertiary alicyclic amines) is 1. The summed E-state index contributed by atoms with van der Waals surface area (Å²) >= 11 is 1.77. The summed E-state index contributed by atoms with van der Waals surface area (Å²) in [4.78, 5) is 19.9. The summed E-state index contributed by atoms with van der Waals surface area (Å²) < 4.78 is 2.13. The Kier molecular flexibility index (Phi) is 4.70. The topological polar surface area (TPSA) is 38.1 Å². The number of carbonyl (C=O) groups excluding carboxylic acids is 1. The third-order valence-corrected chi connectivity index (χ3v) is 5.03. The van der Waals surface area contributed by atoms with Gasteiger partial charge < -0.3 is 9.47 Å². The molecule has 0 spiro atoms. The maximum absolute atomic E-state index is 12.3. The minimum absolute atomic E-state index is 0.302. The van der Waals surface area contributed by atoms with Crippen molar-refractivity contribution in [2.24, 2.45) is 0 Å². The molecule has 1 aliphatic heterocycles. The Labute approximate surface area is 129 Å². The summed E-state index contributed by atoms with van der Waals surface area (Å²) in [7, 11) is 0. The number of amides is 1. The van der Waals surface area contributed by atoms with E-state index in [2.05, 4.69) is 27.1 Å². The summed E-state index contributed by atoms with van der Waals surface area (Å²) in [5.41, 5.74) is 0. The van der Waals surface area contributed by atoms with Gasteiger partial charge in [0.1, 0.15) is 0 Å². The van der Waals surface area contributed by atoms with Crippen LogP contribution in [-0.2, 0) is 11.2 Å². The first-order chi connectivity index (χ1) is 10.3. The van der Waals surface area contributed by atoms with Crippen molar-refractivity contribution in [1.82, 2.24) is 14.5 Å². The van der Waals surface area contributed by atoms with Gasteiger partial charge in [-0.05, 0) is 37.1 Å². The number of carbonyl (C=O) groups is 1. The summed E-state index contributed by atoms with van der Waals surface area (Å²) in [5.74, 6) is 0.302. The molecule has 0 radical (unpaired) electrons. The van der Waals surface area contributed by atoms with E-state index in [0.29, 0.717) is 18.4 Å². The van der Waals surface area contributed by atoms with E-state index < -0.39 is 0 Å². The third kappa shape index (κ3) is 3.73. The van der Waals surface area contributed by atoms with Crippen molar-refractivity contribution in [2.45, 2.75) is 38.1 Å². The maximum atomic E-state index is 12.3. The van der Waals surface area contributed by atoms with Crippen molar-refractivity contribution in [3.8, 4) is 0 Å². The minimum Gasteiger partial charge on any atom is -0.341 e. The zero-order valence-electron chi connectivity index (χ0n) is 12.1. The molecule has 21 heavy (non-hydrogen) atoms. The van der Waals surface area contributed by atoms with Crippen molar-refractivity contribution in [3.63, 3.8) is 0 Å². The fourth-order valence-corrected chi connectivity index (χ4v) is 3.69. The van der Waals surface area contributed by atoms with E-state index in [1.807, 2.05) is 23.6 Å². The normalized spacial score (nSPS) is 18.9. The number of aryl methyl sites for hydroxylation is 1. The Bertz CT molecular complexity index is 550. The molecule has 0 saturated carbocycles. The number of thiophene rings is 1. The second-order valence-electron chi connectivity index (χ2n) is 5.58. The second-order valence-corrected chi connectivity index (χ2v) is 6.61. The lowest BCUT2D eigenvalue weighted by Gasteiger charge is -2.33. The van der Waals surface area contributed by atoms with Gasteiger partial charge in [0.25, 0.3) is 0 Å².